The molecule has 0 radical (unpaired) electrons. The molecule has 5 aromatic rings. The Balaban J connectivity index is 0.759. The lowest BCUT2D eigenvalue weighted by Crippen LogP contribution is -2.54. The first-order valence-corrected chi connectivity index (χ1v) is 20.9. The van der Waals surface area contributed by atoms with Crippen molar-refractivity contribution in [1.29, 1.82) is 0 Å². The van der Waals surface area contributed by atoms with E-state index in [0.717, 1.165) is 41.9 Å². The first-order chi connectivity index (χ1) is 30.6. The Kier molecular flexibility index (Phi) is 11.2. The smallest absolute Gasteiger partial charge is 0.262 e. The minimum atomic E-state index is -1.08. The number of piperidine rings is 1. The van der Waals surface area contributed by atoms with Gasteiger partial charge in [0.05, 0.1) is 45.8 Å². The normalized spacial score (nSPS) is 18.6. The van der Waals surface area contributed by atoms with Gasteiger partial charge in [-0.1, -0.05) is 48.5 Å². The predicted octanol–water partition coefficient (Wildman–Crippen LogP) is 2.13. The van der Waals surface area contributed by atoms with Gasteiger partial charge < -0.3 is 25.4 Å². The second-order valence-corrected chi connectivity index (χ2v) is 15.8. The molecule has 6 heterocycles. The number of unbranched alkanes of at least 4 members (excludes halogenated alkanes) is 1. The lowest BCUT2D eigenvalue weighted by molar-refractivity contribution is -0.136. The van der Waals surface area contributed by atoms with E-state index in [1.807, 2.05) is 48.5 Å². The number of nitrogens with one attached hydrogen (secondary N) is 3. The van der Waals surface area contributed by atoms with Gasteiger partial charge in [-0.3, -0.25) is 49.2 Å². The number of ether oxygens (including phenoxy) is 1. The zero-order valence-electron chi connectivity index (χ0n) is 34.3. The van der Waals surface area contributed by atoms with Crippen molar-refractivity contribution in [3.63, 3.8) is 0 Å². The summed E-state index contributed by atoms with van der Waals surface area (Å²) in [6.45, 7) is 5.11. The highest BCUT2D eigenvalue weighted by molar-refractivity contribution is 6.50. The highest BCUT2D eigenvalue weighted by atomic mass is 16.5. The molecule has 9 rings (SSSR count). The van der Waals surface area contributed by atoms with Crippen molar-refractivity contribution in [2.24, 2.45) is 11.6 Å². The summed E-state index contributed by atoms with van der Waals surface area (Å²) in [5.41, 5.74) is 10.3. The van der Waals surface area contributed by atoms with Crippen molar-refractivity contribution in [1.82, 2.24) is 40.4 Å². The number of nitrogens with two attached hydrogens (primary N) is 2. The number of rotatable bonds is 14. The van der Waals surface area contributed by atoms with E-state index < -0.39 is 41.5 Å². The van der Waals surface area contributed by atoms with Gasteiger partial charge in [-0.15, -0.1) is 0 Å². The summed E-state index contributed by atoms with van der Waals surface area (Å²) >= 11 is 0. The topological polar surface area (TPSA) is 242 Å². The van der Waals surface area contributed by atoms with Crippen molar-refractivity contribution in [3.8, 4) is 0 Å². The summed E-state index contributed by atoms with van der Waals surface area (Å²) in [7, 11) is 0. The van der Waals surface area contributed by atoms with Gasteiger partial charge in [-0.25, -0.2) is 15.8 Å². The summed E-state index contributed by atoms with van der Waals surface area (Å²) in [4.78, 5) is 96.0. The van der Waals surface area contributed by atoms with Gasteiger partial charge in [0.1, 0.15) is 6.04 Å². The Morgan fingerprint density at radius 3 is 2.38 bits per heavy atom. The van der Waals surface area contributed by atoms with Gasteiger partial charge >= 0.3 is 0 Å². The van der Waals surface area contributed by atoms with E-state index in [0.29, 0.717) is 72.9 Å². The first kappa shape index (κ1) is 41.1. The van der Waals surface area contributed by atoms with Gasteiger partial charge in [-0.2, -0.15) is 0 Å². The van der Waals surface area contributed by atoms with Crippen molar-refractivity contribution in [3.05, 3.63) is 107 Å². The van der Waals surface area contributed by atoms with Crippen molar-refractivity contribution >= 4 is 80.0 Å². The average molecular weight is 852 g/mol. The molecule has 4 aliphatic heterocycles. The van der Waals surface area contributed by atoms with Crippen LogP contribution in [-0.2, 0) is 23.9 Å². The van der Waals surface area contributed by atoms with Gasteiger partial charge in [0.15, 0.2) is 0 Å². The van der Waals surface area contributed by atoms with Crippen LogP contribution in [0, 0.1) is 0 Å². The maximum absolute atomic E-state index is 13.5. The molecule has 4 aliphatic rings. The zero-order chi connectivity index (χ0) is 43.8. The molecular weight excluding hydrogens is 807 g/mol. The Labute approximate surface area is 360 Å². The minimum Gasteiger partial charge on any atom is -0.397 e. The SMILES string of the molecule is N/C(=C\N(N)CCCCOCCN1CCN(c2nc(C3=C(c4c[nH]c5ccccc45)C(=O)NC3=O)c3ccccc3n2)CC1)c1cccc2c1C(=O)N(C1CCC(=O)NC1=O)C2=O. The van der Waals surface area contributed by atoms with Crippen LogP contribution in [0.25, 0.3) is 38.6 Å². The molecular formula is C45H45N11O7. The number of nitrogens with zero attached hydrogens (tertiary/aromatic N) is 6. The van der Waals surface area contributed by atoms with Gasteiger partial charge in [0.25, 0.3) is 23.6 Å². The number of para-hydroxylation sites is 2. The van der Waals surface area contributed by atoms with E-state index in [9.17, 15) is 28.8 Å². The second-order valence-electron chi connectivity index (χ2n) is 15.8. The molecule has 18 heteroatoms. The van der Waals surface area contributed by atoms with Crippen LogP contribution in [0.15, 0.2) is 79.1 Å². The molecule has 2 saturated heterocycles. The minimum absolute atomic E-state index is 0.0273. The van der Waals surface area contributed by atoms with Gasteiger partial charge in [0.2, 0.25) is 17.8 Å². The van der Waals surface area contributed by atoms with E-state index in [-0.39, 0.29) is 40.8 Å². The number of aromatic nitrogens is 3. The molecule has 0 spiro atoms. The standard InChI is InChI=1S/C45H45N11O7/c46-31(27-10-7-11-29-36(27)44(62)56(43(29)61)34-14-15-35(57)50-40(34)58)25-55(47)16-5-6-22-63-23-21-53-17-19-54(20-18-53)45-49-33-13-4-2-9-28(33)39(51-45)38-37(41(59)52-42(38)60)30-24-48-32-12-3-1-8-26(30)32/h1-4,7-13,24-25,34,48H,5-6,14-23,46-47H2,(H,50,57,58)(H,52,59,60)/b31-25-. The number of aromatic amines is 1. The lowest BCUT2D eigenvalue weighted by Gasteiger charge is -2.34. The van der Waals surface area contributed by atoms with Crippen LogP contribution >= 0.6 is 0 Å². The van der Waals surface area contributed by atoms with E-state index in [1.54, 1.807) is 18.3 Å². The third-order valence-electron chi connectivity index (χ3n) is 11.9. The zero-order valence-corrected chi connectivity index (χ0v) is 34.3. The molecule has 2 aromatic heterocycles. The van der Waals surface area contributed by atoms with Crippen molar-refractivity contribution in [2.45, 2.75) is 31.7 Å². The maximum Gasteiger partial charge on any atom is 0.262 e. The number of piperazine rings is 1. The van der Waals surface area contributed by atoms with Crippen LogP contribution in [0.3, 0.4) is 0 Å². The van der Waals surface area contributed by atoms with Crippen LogP contribution in [0.1, 0.15) is 63.2 Å². The molecule has 7 N–H and O–H groups in total. The Bertz CT molecular complexity index is 2770. The number of H-pyrrole nitrogens is 1. The summed E-state index contributed by atoms with van der Waals surface area (Å²) in [6, 6.07) is 18.8. The molecule has 0 saturated carbocycles. The first-order valence-electron chi connectivity index (χ1n) is 20.9. The monoisotopic (exact) mass is 851 g/mol. The van der Waals surface area contributed by atoms with E-state index >= 15 is 0 Å². The number of carbonyl (C=O) groups is 6. The fourth-order valence-electron chi connectivity index (χ4n) is 8.65. The van der Waals surface area contributed by atoms with Gasteiger partial charge in [0, 0.05) is 92.1 Å². The number of carbonyl (C=O) groups excluding carboxylic acids is 6. The van der Waals surface area contributed by atoms with Crippen LogP contribution in [-0.4, -0.2) is 124 Å². The fraction of sp³-hybridized carbons (Fsp3) is 0.289. The third-order valence-corrected chi connectivity index (χ3v) is 11.9. The van der Waals surface area contributed by atoms with E-state index in [1.165, 1.54) is 17.3 Å². The molecule has 1 atom stereocenters. The summed E-state index contributed by atoms with van der Waals surface area (Å²) < 4.78 is 5.96. The van der Waals surface area contributed by atoms with Crippen LogP contribution in [0.5, 0.6) is 0 Å². The van der Waals surface area contributed by atoms with Crippen LogP contribution < -0.4 is 27.1 Å². The number of hydrazine groups is 1. The summed E-state index contributed by atoms with van der Waals surface area (Å²) in [5.74, 6) is 3.41. The number of amides is 6. The highest BCUT2D eigenvalue weighted by Crippen LogP contribution is 2.37. The second kappa shape index (κ2) is 17.2. The van der Waals surface area contributed by atoms with Crippen LogP contribution in [0.2, 0.25) is 0 Å². The molecule has 322 valence electrons. The van der Waals surface area contributed by atoms with E-state index in [2.05, 4.69) is 25.4 Å². The number of imide groups is 3. The van der Waals surface area contributed by atoms with Crippen molar-refractivity contribution < 1.29 is 33.5 Å². The molecule has 1 unspecified atom stereocenters. The summed E-state index contributed by atoms with van der Waals surface area (Å²) in [6.07, 6.45) is 4.80. The number of anilines is 1. The molecule has 18 nitrogen and oxygen atoms in total. The fourth-order valence-corrected chi connectivity index (χ4v) is 8.65. The molecule has 0 aliphatic carbocycles. The average Bonchev–Trinajstić information content (AvgIpc) is 3.92. The third kappa shape index (κ3) is 7.90. The highest BCUT2D eigenvalue weighted by Gasteiger charge is 2.46. The number of fused-ring (bicyclic) bond motifs is 3. The number of hydrogen-bond donors (Lipinski definition) is 5. The lowest BCUT2D eigenvalue weighted by atomic mass is 9.97. The molecule has 3 aromatic carbocycles. The predicted molar refractivity (Wildman–Crippen MR) is 233 cm³/mol. The summed E-state index contributed by atoms with van der Waals surface area (Å²) in [5, 5.41) is 7.65. The van der Waals surface area contributed by atoms with Gasteiger partial charge in [-0.05, 0) is 37.5 Å². The van der Waals surface area contributed by atoms with E-state index in [4.69, 9.17) is 26.3 Å². The quantitative estimate of drug-likeness (QED) is 0.0466. The van der Waals surface area contributed by atoms with Crippen LogP contribution in [0.4, 0.5) is 5.95 Å². The molecule has 63 heavy (non-hydrogen) atoms. The van der Waals surface area contributed by atoms with Crippen molar-refractivity contribution in [2.75, 3.05) is 57.4 Å². The Morgan fingerprint density at radius 1 is 0.810 bits per heavy atom. The molecule has 0 bridgehead atoms. The number of hydrogen-bond acceptors (Lipinski definition) is 14. The largest absolute Gasteiger partial charge is 0.397 e. The Morgan fingerprint density at radius 2 is 1.57 bits per heavy atom. The number of benzene rings is 3. The molecule has 6 amide bonds. The molecule has 2 fully saturated rings. The maximum atomic E-state index is 13.5. The Hall–Kier alpha value is -7.28.